The van der Waals surface area contributed by atoms with Gasteiger partial charge in [-0.3, -0.25) is 9.78 Å². The van der Waals surface area contributed by atoms with Crippen LogP contribution in [0, 0.1) is 0 Å². The van der Waals surface area contributed by atoms with Crippen molar-refractivity contribution < 1.29 is 14.3 Å². The average molecular weight is 531 g/mol. The fourth-order valence-electron chi connectivity index (χ4n) is 3.72. The Kier molecular flexibility index (Phi) is 8.52. The first kappa shape index (κ1) is 24.5. The van der Waals surface area contributed by atoms with E-state index in [1.54, 1.807) is 43.8 Å². The number of ether oxygens (including phenoxy) is 2. The maximum absolute atomic E-state index is 13.4. The van der Waals surface area contributed by atoms with Gasteiger partial charge in [-0.2, -0.15) is 0 Å². The molecule has 6 heteroatoms. The number of pyridine rings is 1. The van der Waals surface area contributed by atoms with E-state index < -0.39 is 0 Å². The third-order valence-electron chi connectivity index (χ3n) is 5.59. The van der Waals surface area contributed by atoms with E-state index in [4.69, 9.17) is 9.47 Å². The number of benzene rings is 3. The minimum atomic E-state index is -0.0500. The summed E-state index contributed by atoms with van der Waals surface area (Å²) < 4.78 is 12.3. The second-order valence-electron chi connectivity index (χ2n) is 8.12. The summed E-state index contributed by atoms with van der Waals surface area (Å²) in [5.74, 6) is 1.46. The summed E-state index contributed by atoms with van der Waals surface area (Å²) in [6.45, 7) is 1.51. The lowest BCUT2D eigenvalue weighted by Gasteiger charge is -2.23. The molecule has 0 fully saturated rings. The Morgan fingerprint density at radius 2 is 1.54 bits per heavy atom. The Balaban J connectivity index is 1.46. The first-order valence-corrected chi connectivity index (χ1v) is 12.2. The summed E-state index contributed by atoms with van der Waals surface area (Å²) >= 11 is 3.46. The highest BCUT2D eigenvalue weighted by atomic mass is 79.9. The number of hydrogen-bond donors (Lipinski definition) is 0. The molecule has 1 amide bonds. The molecule has 0 radical (unpaired) electrons. The molecule has 1 heterocycles. The minimum absolute atomic E-state index is 0.0500. The Morgan fingerprint density at radius 1 is 0.829 bits per heavy atom. The lowest BCUT2D eigenvalue weighted by atomic mass is 10.1. The summed E-state index contributed by atoms with van der Waals surface area (Å²) in [6.07, 6.45) is 4.30. The molecular formula is C29H27BrN2O3. The molecule has 0 aliphatic rings. The zero-order valence-corrected chi connectivity index (χ0v) is 21.1. The molecule has 0 saturated carbocycles. The second-order valence-corrected chi connectivity index (χ2v) is 9.03. The highest BCUT2D eigenvalue weighted by Gasteiger charge is 2.17. The van der Waals surface area contributed by atoms with Crippen LogP contribution in [0.15, 0.2) is 102 Å². The van der Waals surface area contributed by atoms with E-state index in [0.29, 0.717) is 25.3 Å². The first-order valence-electron chi connectivity index (χ1n) is 11.4. The Hall–Kier alpha value is -3.64. The van der Waals surface area contributed by atoms with Crippen LogP contribution in [0.25, 0.3) is 0 Å². The maximum atomic E-state index is 13.4. The average Bonchev–Trinajstić information content (AvgIpc) is 2.90. The zero-order chi connectivity index (χ0) is 24.5. The predicted molar refractivity (Wildman–Crippen MR) is 141 cm³/mol. The van der Waals surface area contributed by atoms with E-state index in [-0.39, 0.29) is 5.91 Å². The first-order chi connectivity index (χ1) is 17.1. The van der Waals surface area contributed by atoms with Gasteiger partial charge in [0.05, 0.1) is 13.7 Å². The van der Waals surface area contributed by atoms with Gasteiger partial charge in [0.1, 0.15) is 11.5 Å². The van der Waals surface area contributed by atoms with E-state index in [1.807, 2.05) is 53.4 Å². The molecule has 4 rings (SSSR count). The van der Waals surface area contributed by atoms with Crippen LogP contribution in [0.2, 0.25) is 0 Å². The fourth-order valence-corrected chi connectivity index (χ4v) is 3.98. The molecule has 178 valence electrons. The second kappa shape index (κ2) is 12.2. The molecule has 0 spiro atoms. The van der Waals surface area contributed by atoms with Crippen LogP contribution in [0.1, 0.15) is 27.0 Å². The number of methoxy groups -OCH3 is 1. The molecule has 0 N–H and O–H groups in total. The summed E-state index contributed by atoms with van der Waals surface area (Å²) in [7, 11) is 1.61. The van der Waals surface area contributed by atoms with Gasteiger partial charge in [-0.15, -0.1) is 0 Å². The normalized spacial score (nSPS) is 10.6. The molecule has 5 nitrogen and oxygen atoms in total. The number of nitrogens with zero attached hydrogens (tertiary/aromatic N) is 2. The van der Waals surface area contributed by atoms with Crippen molar-refractivity contribution in [1.82, 2.24) is 9.88 Å². The molecule has 0 bridgehead atoms. The van der Waals surface area contributed by atoms with Gasteiger partial charge in [-0.25, -0.2) is 0 Å². The summed E-state index contributed by atoms with van der Waals surface area (Å²) in [5, 5.41) is 0. The van der Waals surface area contributed by atoms with Crippen LogP contribution in [0.4, 0.5) is 0 Å². The largest absolute Gasteiger partial charge is 0.497 e. The van der Waals surface area contributed by atoms with Crippen molar-refractivity contribution >= 4 is 21.8 Å². The summed E-state index contributed by atoms with van der Waals surface area (Å²) in [5.41, 5.74) is 3.85. The molecule has 35 heavy (non-hydrogen) atoms. The van der Waals surface area contributed by atoms with Crippen molar-refractivity contribution in [3.8, 4) is 11.5 Å². The van der Waals surface area contributed by atoms with Crippen molar-refractivity contribution in [3.63, 3.8) is 0 Å². The summed E-state index contributed by atoms with van der Waals surface area (Å²) in [6, 6.07) is 27.2. The minimum Gasteiger partial charge on any atom is -0.497 e. The van der Waals surface area contributed by atoms with E-state index in [1.165, 1.54) is 5.56 Å². The number of carbonyl (C=O) groups excluding carboxylic acids is 1. The smallest absolute Gasteiger partial charge is 0.254 e. The zero-order valence-electron chi connectivity index (χ0n) is 19.6. The topological polar surface area (TPSA) is 51.7 Å². The molecule has 0 aliphatic heterocycles. The number of amides is 1. The number of rotatable bonds is 10. The van der Waals surface area contributed by atoms with Crippen LogP contribution in [-0.4, -0.2) is 29.5 Å². The lowest BCUT2D eigenvalue weighted by molar-refractivity contribution is 0.0729. The van der Waals surface area contributed by atoms with E-state index in [0.717, 1.165) is 33.5 Å². The van der Waals surface area contributed by atoms with Gasteiger partial charge in [0.15, 0.2) is 0 Å². The van der Waals surface area contributed by atoms with E-state index in [2.05, 4.69) is 33.0 Å². The van der Waals surface area contributed by atoms with Gasteiger partial charge < -0.3 is 14.4 Å². The van der Waals surface area contributed by atoms with Crippen molar-refractivity contribution in [3.05, 3.63) is 124 Å². The summed E-state index contributed by atoms with van der Waals surface area (Å²) in [4.78, 5) is 19.3. The number of halogens is 1. The molecule has 0 aliphatic carbocycles. The molecule has 0 saturated heterocycles. The Labute approximate surface area is 214 Å². The molecular weight excluding hydrogens is 504 g/mol. The highest BCUT2D eigenvalue weighted by Crippen LogP contribution is 2.20. The van der Waals surface area contributed by atoms with Gasteiger partial charge in [-0.1, -0.05) is 40.2 Å². The van der Waals surface area contributed by atoms with Crippen LogP contribution in [-0.2, 0) is 19.5 Å². The van der Waals surface area contributed by atoms with Gasteiger partial charge in [0.25, 0.3) is 5.91 Å². The standard InChI is InChI=1S/C29H27BrN2O3/c1-34-27-11-7-25(8-12-27)29(33)32(20-23-13-16-31-17-14-23)21-24-3-2-4-28(19-24)35-18-15-22-5-9-26(30)10-6-22/h2-14,16-17,19H,15,18,20-21H2,1H3. The Morgan fingerprint density at radius 3 is 2.26 bits per heavy atom. The third-order valence-corrected chi connectivity index (χ3v) is 6.12. The Bertz CT molecular complexity index is 1230. The highest BCUT2D eigenvalue weighted by molar-refractivity contribution is 9.10. The van der Waals surface area contributed by atoms with Crippen LogP contribution in [0.3, 0.4) is 0 Å². The van der Waals surface area contributed by atoms with Gasteiger partial charge >= 0.3 is 0 Å². The van der Waals surface area contributed by atoms with Gasteiger partial charge in [0.2, 0.25) is 0 Å². The molecule has 3 aromatic carbocycles. The SMILES string of the molecule is COc1ccc(C(=O)N(Cc2ccncc2)Cc2cccc(OCCc3ccc(Br)cc3)c2)cc1. The number of carbonyl (C=O) groups is 1. The number of hydrogen-bond acceptors (Lipinski definition) is 4. The maximum Gasteiger partial charge on any atom is 0.254 e. The predicted octanol–water partition coefficient (Wildman–Crippen LogP) is 6.32. The van der Waals surface area contributed by atoms with Crippen molar-refractivity contribution in [2.24, 2.45) is 0 Å². The number of aromatic nitrogens is 1. The van der Waals surface area contributed by atoms with Crippen molar-refractivity contribution in [2.75, 3.05) is 13.7 Å². The lowest BCUT2D eigenvalue weighted by Crippen LogP contribution is -2.30. The van der Waals surface area contributed by atoms with Crippen molar-refractivity contribution in [2.45, 2.75) is 19.5 Å². The third kappa shape index (κ3) is 7.17. The molecule has 4 aromatic rings. The van der Waals surface area contributed by atoms with Crippen LogP contribution < -0.4 is 9.47 Å². The molecule has 0 unspecified atom stereocenters. The van der Waals surface area contributed by atoms with Crippen molar-refractivity contribution in [1.29, 1.82) is 0 Å². The van der Waals surface area contributed by atoms with E-state index in [9.17, 15) is 4.79 Å². The quantitative estimate of drug-likeness (QED) is 0.241. The van der Waals surface area contributed by atoms with Gasteiger partial charge in [-0.05, 0) is 77.4 Å². The van der Waals surface area contributed by atoms with Gasteiger partial charge in [0, 0.05) is 41.9 Å². The van der Waals surface area contributed by atoms with E-state index >= 15 is 0 Å². The fraction of sp³-hybridized carbons (Fsp3) is 0.172. The monoisotopic (exact) mass is 530 g/mol. The van der Waals surface area contributed by atoms with Crippen LogP contribution >= 0.6 is 15.9 Å². The van der Waals surface area contributed by atoms with Crippen LogP contribution in [0.5, 0.6) is 11.5 Å². The molecule has 0 atom stereocenters. The molecule has 1 aromatic heterocycles.